The summed E-state index contributed by atoms with van der Waals surface area (Å²) in [4.78, 5) is 19.2. The van der Waals surface area contributed by atoms with Crippen molar-refractivity contribution in [1.82, 2.24) is 15.3 Å². The number of benzene rings is 1. The first-order valence-corrected chi connectivity index (χ1v) is 7.67. The highest BCUT2D eigenvalue weighted by atomic mass is 16.1. The van der Waals surface area contributed by atoms with Crippen LogP contribution in [0.4, 0.5) is 0 Å². The molecule has 112 valence electrons. The predicted molar refractivity (Wildman–Crippen MR) is 87.6 cm³/mol. The first-order valence-electron chi connectivity index (χ1n) is 7.67. The summed E-state index contributed by atoms with van der Waals surface area (Å²) in [6, 6.07) is 8.31. The number of rotatable bonds is 2. The zero-order chi connectivity index (χ0) is 15.3. The quantitative estimate of drug-likeness (QED) is 0.711. The van der Waals surface area contributed by atoms with Gasteiger partial charge in [0.2, 0.25) is 6.41 Å². The average Bonchev–Trinajstić information content (AvgIpc) is 2.84. The largest absolute Gasteiger partial charge is 0.353 e. The van der Waals surface area contributed by atoms with Gasteiger partial charge in [0, 0.05) is 27.5 Å². The summed E-state index contributed by atoms with van der Waals surface area (Å²) in [7, 11) is 0. The number of aromatic nitrogens is 2. The molecule has 3 aromatic rings. The van der Waals surface area contributed by atoms with Crippen molar-refractivity contribution in [2.75, 3.05) is 0 Å². The number of fused-ring (bicyclic) bond motifs is 5. The Morgan fingerprint density at radius 2 is 2.14 bits per heavy atom. The smallest absolute Gasteiger partial charge is 0.207 e. The van der Waals surface area contributed by atoms with E-state index in [-0.39, 0.29) is 11.5 Å². The number of nitrogens with one attached hydrogen (secondary N) is 2. The van der Waals surface area contributed by atoms with Crippen molar-refractivity contribution in [1.29, 1.82) is 0 Å². The number of para-hydroxylation sites is 1. The van der Waals surface area contributed by atoms with Crippen LogP contribution in [-0.4, -0.2) is 16.4 Å². The van der Waals surface area contributed by atoms with Crippen LogP contribution in [0.3, 0.4) is 0 Å². The number of hydrogen-bond acceptors (Lipinski definition) is 2. The summed E-state index contributed by atoms with van der Waals surface area (Å²) in [6.45, 7) is 4.47. The third-order valence-corrected chi connectivity index (χ3v) is 4.69. The van der Waals surface area contributed by atoms with Crippen LogP contribution in [0, 0.1) is 5.41 Å². The highest BCUT2D eigenvalue weighted by Gasteiger charge is 2.34. The van der Waals surface area contributed by atoms with Crippen molar-refractivity contribution in [3.8, 4) is 0 Å². The van der Waals surface area contributed by atoms with E-state index in [2.05, 4.69) is 47.3 Å². The molecule has 4 heteroatoms. The molecule has 1 aromatic carbocycles. The highest BCUT2D eigenvalue weighted by Crippen LogP contribution is 2.44. The lowest BCUT2D eigenvalue weighted by atomic mass is 9.73. The Hall–Kier alpha value is -2.36. The molecule has 1 aliphatic rings. The fourth-order valence-electron chi connectivity index (χ4n) is 3.83. The first kappa shape index (κ1) is 13.3. The molecule has 0 bridgehead atoms. The lowest BCUT2D eigenvalue weighted by Gasteiger charge is -2.36. The molecule has 0 saturated heterocycles. The van der Waals surface area contributed by atoms with Gasteiger partial charge in [-0.3, -0.25) is 9.78 Å². The van der Waals surface area contributed by atoms with Crippen LogP contribution < -0.4 is 5.32 Å². The fraction of sp³-hybridized carbons (Fsp3) is 0.333. The van der Waals surface area contributed by atoms with Crippen LogP contribution in [0.15, 0.2) is 30.5 Å². The Labute approximate surface area is 128 Å². The molecule has 2 N–H and O–H groups in total. The van der Waals surface area contributed by atoms with Gasteiger partial charge in [-0.25, -0.2) is 0 Å². The molecule has 1 aliphatic carbocycles. The molecule has 0 radical (unpaired) electrons. The summed E-state index contributed by atoms with van der Waals surface area (Å²) < 4.78 is 0. The van der Waals surface area contributed by atoms with E-state index in [0.717, 1.165) is 36.0 Å². The van der Waals surface area contributed by atoms with Gasteiger partial charge >= 0.3 is 0 Å². The molecule has 0 fully saturated rings. The van der Waals surface area contributed by atoms with Crippen LogP contribution in [-0.2, 0) is 11.2 Å². The van der Waals surface area contributed by atoms with Crippen LogP contribution in [0.5, 0.6) is 0 Å². The molecule has 22 heavy (non-hydrogen) atoms. The van der Waals surface area contributed by atoms with E-state index < -0.39 is 0 Å². The van der Waals surface area contributed by atoms with Gasteiger partial charge < -0.3 is 10.3 Å². The molecule has 2 aromatic heterocycles. The maximum Gasteiger partial charge on any atom is 0.207 e. The molecule has 1 amide bonds. The Morgan fingerprint density at radius 3 is 2.95 bits per heavy atom. The van der Waals surface area contributed by atoms with Crippen LogP contribution in [0.25, 0.3) is 21.8 Å². The molecule has 4 rings (SSSR count). The van der Waals surface area contributed by atoms with Crippen molar-refractivity contribution in [2.24, 2.45) is 5.41 Å². The van der Waals surface area contributed by atoms with E-state index in [1.54, 1.807) is 0 Å². The summed E-state index contributed by atoms with van der Waals surface area (Å²) >= 11 is 0. The lowest BCUT2D eigenvalue weighted by molar-refractivity contribution is -0.110. The van der Waals surface area contributed by atoms with E-state index in [9.17, 15) is 4.79 Å². The average molecular weight is 293 g/mol. The predicted octanol–water partition coefficient (Wildman–Crippen LogP) is 3.48. The van der Waals surface area contributed by atoms with Gasteiger partial charge in [-0.15, -0.1) is 0 Å². The molecule has 0 unspecified atom stereocenters. The van der Waals surface area contributed by atoms with Gasteiger partial charge in [0.05, 0.1) is 17.8 Å². The minimum Gasteiger partial charge on any atom is -0.353 e. The minimum absolute atomic E-state index is 0.0201. The van der Waals surface area contributed by atoms with Gasteiger partial charge in [0.1, 0.15) is 0 Å². The molecule has 0 saturated carbocycles. The lowest BCUT2D eigenvalue weighted by Crippen LogP contribution is -2.33. The van der Waals surface area contributed by atoms with Gasteiger partial charge in [0.15, 0.2) is 0 Å². The molecular weight excluding hydrogens is 274 g/mol. The van der Waals surface area contributed by atoms with Gasteiger partial charge in [0.25, 0.3) is 0 Å². The molecular formula is C18H19N3O. The standard InChI is InChI=1S/C18H19N3O/c1-18(2)7-13-17(14(8-18)20-10-22)16-11-5-3-4-6-12(11)21-15(16)9-19-13/h3-6,9-10,14,21H,7-8H2,1-2H3,(H,20,22)/t14-/m1/s1. The summed E-state index contributed by atoms with van der Waals surface area (Å²) in [5.74, 6) is 0. The Kier molecular flexibility index (Phi) is 2.76. The third-order valence-electron chi connectivity index (χ3n) is 4.69. The van der Waals surface area contributed by atoms with Gasteiger partial charge in [-0.1, -0.05) is 32.0 Å². The number of carbonyl (C=O) groups is 1. The molecule has 2 heterocycles. The number of hydrogen-bond donors (Lipinski definition) is 2. The molecule has 0 aliphatic heterocycles. The van der Waals surface area contributed by atoms with Crippen molar-refractivity contribution in [2.45, 2.75) is 32.7 Å². The van der Waals surface area contributed by atoms with E-state index in [1.807, 2.05) is 12.3 Å². The molecule has 0 spiro atoms. The molecule has 1 atom stereocenters. The van der Waals surface area contributed by atoms with Crippen molar-refractivity contribution in [3.63, 3.8) is 0 Å². The van der Waals surface area contributed by atoms with E-state index in [1.165, 1.54) is 16.3 Å². The number of nitrogens with zero attached hydrogens (tertiary/aromatic N) is 1. The van der Waals surface area contributed by atoms with E-state index in [0.29, 0.717) is 0 Å². The maximum absolute atomic E-state index is 11.1. The van der Waals surface area contributed by atoms with Crippen molar-refractivity contribution >= 4 is 28.2 Å². The molecule has 4 nitrogen and oxygen atoms in total. The van der Waals surface area contributed by atoms with E-state index >= 15 is 0 Å². The Morgan fingerprint density at radius 1 is 1.32 bits per heavy atom. The van der Waals surface area contributed by atoms with Gasteiger partial charge in [-0.05, 0) is 24.3 Å². The second-order valence-electron chi connectivity index (χ2n) is 6.96. The number of aromatic amines is 1. The van der Waals surface area contributed by atoms with Crippen LogP contribution in [0.2, 0.25) is 0 Å². The zero-order valence-electron chi connectivity index (χ0n) is 12.8. The minimum atomic E-state index is 0.0201. The van der Waals surface area contributed by atoms with Crippen LogP contribution >= 0.6 is 0 Å². The Bertz CT molecular complexity index is 879. The first-order chi connectivity index (χ1) is 10.6. The van der Waals surface area contributed by atoms with Crippen LogP contribution in [0.1, 0.15) is 37.6 Å². The SMILES string of the molecule is CC1(C)Cc2ncc3[nH]c4ccccc4c3c2[C@H](NC=O)C1. The second kappa shape index (κ2) is 4.57. The number of carbonyl (C=O) groups excluding carboxylic acids is 1. The summed E-state index contributed by atoms with van der Waals surface area (Å²) in [6.07, 6.45) is 4.60. The zero-order valence-corrected chi connectivity index (χ0v) is 12.8. The maximum atomic E-state index is 11.1. The van der Waals surface area contributed by atoms with Crippen molar-refractivity contribution in [3.05, 3.63) is 41.7 Å². The van der Waals surface area contributed by atoms with Crippen molar-refractivity contribution < 1.29 is 4.79 Å². The monoisotopic (exact) mass is 293 g/mol. The summed E-state index contributed by atoms with van der Waals surface area (Å²) in [5, 5.41) is 5.41. The fourth-order valence-corrected chi connectivity index (χ4v) is 3.83. The topological polar surface area (TPSA) is 57.8 Å². The van der Waals surface area contributed by atoms with Gasteiger partial charge in [-0.2, -0.15) is 0 Å². The second-order valence-corrected chi connectivity index (χ2v) is 6.96. The third kappa shape index (κ3) is 1.90. The van der Waals surface area contributed by atoms with E-state index in [4.69, 9.17) is 0 Å². The number of amides is 1. The Balaban J connectivity index is 2.07. The normalized spacial score (nSPS) is 20.0. The number of pyridine rings is 1. The highest BCUT2D eigenvalue weighted by molar-refractivity contribution is 6.09. The summed E-state index contributed by atoms with van der Waals surface area (Å²) in [5.41, 5.74) is 4.58. The number of H-pyrrole nitrogens is 1.